The highest BCUT2D eigenvalue weighted by atomic mass is 32.2. The predicted octanol–water partition coefficient (Wildman–Crippen LogP) is 3.62. The number of urea groups is 1. The number of carbonyl (C=O) groups excluding carboxylic acids is 1. The molecule has 3 rings (SSSR count). The van der Waals surface area contributed by atoms with Crippen LogP contribution in [0.5, 0.6) is 0 Å². The van der Waals surface area contributed by atoms with E-state index >= 15 is 0 Å². The number of rotatable bonds is 5. The number of nitrogens with one attached hydrogen (secondary N) is 2. The van der Waals surface area contributed by atoms with E-state index in [1.165, 1.54) is 18.4 Å². The molecule has 0 aromatic heterocycles. The van der Waals surface area contributed by atoms with E-state index in [1.807, 2.05) is 0 Å². The quantitative estimate of drug-likeness (QED) is 0.880. The summed E-state index contributed by atoms with van der Waals surface area (Å²) in [6.45, 7) is 0.494. The zero-order chi connectivity index (χ0) is 16.2. The summed E-state index contributed by atoms with van der Waals surface area (Å²) >= 11 is 0. The van der Waals surface area contributed by atoms with E-state index in [0.717, 1.165) is 16.4 Å². The van der Waals surface area contributed by atoms with Gasteiger partial charge in [0.05, 0.1) is 0 Å². The van der Waals surface area contributed by atoms with Crippen LogP contribution >= 0.6 is 0 Å². The Kier molecular flexibility index (Phi) is 4.76. The average molecular weight is 328 g/mol. The van der Waals surface area contributed by atoms with Gasteiger partial charge in [-0.05, 0) is 54.2 Å². The topological polar surface area (TPSA) is 58.2 Å². The first kappa shape index (κ1) is 15.7. The number of hydrogen-bond acceptors (Lipinski definition) is 2. The molecule has 2 amide bonds. The van der Waals surface area contributed by atoms with Gasteiger partial charge < -0.3 is 10.6 Å². The van der Waals surface area contributed by atoms with Crippen molar-refractivity contribution in [3.63, 3.8) is 0 Å². The lowest BCUT2D eigenvalue weighted by atomic mass is 10.1. The fourth-order valence-corrected chi connectivity index (χ4v) is 2.93. The van der Waals surface area contributed by atoms with Gasteiger partial charge in [-0.1, -0.05) is 24.3 Å². The predicted molar refractivity (Wildman–Crippen MR) is 93.0 cm³/mol. The van der Waals surface area contributed by atoms with Gasteiger partial charge in [0, 0.05) is 34.2 Å². The molecule has 2 aromatic carbocycles. The lowest BCUT2D eigenvalue weighted by molar-refractivity contribution is 0.251. The first-order chi connectivity index (χ1) is 11.1. The highest BCUT2D eigenvalue weighted by Crippen LogP contribution is 2.39. The number of amides is 2. The summed E-state index contributed by atoms with van der Waals surface area (Å²) < 4.78 is 11.3. The van der Waals surface area contributed by atoms with E-state index < -0.39 is 10.8 Å². The molecule has 1 aliphatic rings. The van der Waals surface area contributed by atoms with Gasteiger partial charge in [-0.3, -0.25) is 4.21 Å². The summed E-state index contributed by atoms with van der Waals surface area (Å²) in [4.78, 5) is 12.6. The SMILES string of the molecule is C[S@@](=O)c1ccc(NC(=O)NCc2ccc(C3CC3)cc2)cc1. The summed E-state index contributed by atoms with van der Waals surface area (Å²) in [6.07, 6.45) is 4.22. The standard InChI is InChI=1S/C18H20N2O2S/c1-23(22)17-10-8-16(9-11-17)20-18(21)19-12-13-2-4-14(5-3-13)15-6-7-15/h2-5,8-11,15H,6-7,12H2,1H3,(H2,19,20,21)/t23-/m1/s1. The zero-order valence-corrected chi connectivity index (χ0v) is 13.9. The van der Waals surface area contributed by atoms with Gasteiger partial charge in [-0.25, -0.2) is 4.79 Å². The van der Waals surface area contributed by atoms with Gasteiger partial charge >= 0.3 is 6.03 Å². The van der Waals surface area contributed by atoms with Crippen LogP contribution in [0, 0.1) is 0 Å². The third-order valence-corrected chi connectivity index (χ3v) is 4.86. The molecule has 120 valence electrons. The van der Waals surface area contributed by atoms with Gasteiger partial charge in [0.25, 0.3) is 0 Å². The van der Waals surface area contributed by atoms with E-state index in [0.29, 0.717) is 12.2 Å². The van der Waals surface area contributed by atoms with Crippen LogP contribution < -0.4 is 10.6 Å². The minimum absolute atomic E-state index is 0.248. The lowest BCUT2D eigenvalue weighted by Gasteiger charge is -2.08. The fraction of sp³-hybridized carbons (Fsp3) is 0.278. The molecule has 0 heterocycles. The number of carbonyl (C=O) groups is 1. The maximum absolute atomic E-state index is 11.9. The van der Waals surface area contributed by atoms with Crippen molar-refractivity contribution in [3.05, 3.63) is 59.7 Å². The Morgan fingerprint density at radius 3 is 2.30 bits per heavy atom. The maximum Gasteiger partial charge on any atom is 0.319 e. The molecule has 0 bridgehead atoms. The van der Waals surface area contributed by atoms with Crippen molar-refractivity contribution in [2.75, 3.05) is 11.6 Å². The van der Waals surface area contributed by atoms with E-state index in [-0.39, 0.29) is 6.03 Å². The monoisotopic (exact) mass is 328 g/mol. The minimum Gasteiger partial charge on any atom is -0.334 e. The summed E-state index contributed by atoms with van der Waals surface area (Å²) in [5.74, 6) is 0.751. The van der Waals surface area contributed by atoms with Crippen LogP contribution in [-0.2, 0) is 17.3 Å². The molecule has 2 N–H and O–H groups in total. The summed E-state index contributed by atoms with van der Waals surface area (Å²) in [5.41, 5.74) is 3.16. The van der Waals surface area contributed by atoms with Crippen LogP contribution in [0.25, 0.3) is 0 Å². The molecule has 0 unspecified atom stereocenters. The molecule has 23 heavy (non-hydrogen) atoms. The van der Waals surface area contributed by atoms with Crippen molar-refractivity contribution in [2.45, 2.75) is 30.2 Å². The minimum atomic E-state index is -1.01. The first-order valence-corrected chi connectivity index (χ1v) is 9.25. The highest BCUT2D eigenvalue weighted by Gasteiger charge is 2.22. The van der Waals surface area contributed by atoms with Crippen LogP contribution in [-0.4, -0.2) is 16.5 Å². The van der Waals surface area contributed by atoms with Gasteiger partial charge in [-0.2, -0.15) is 0 Å². The highest BCUT2D eigenvalue weighted by molar-refractivity contribution is 7.84. The number of hydrogen-bond donors (Lipinski definition) is 2. The van der Waals surface area contributed by atoms with Crippen LogP contribution in [0.4, 0.5) is 10.5 Å². The van der Waals surface area contributed by atoms with Crippen molar-refractivity contribution in [2.24, 2.45) is 0 Å². The molecular weight excluding hydrogens is 308 g/mol. The molecule has 4 nitrogen and oxygen atoms in total. The Morgan fingerprint density at radius 1 is 1.09 bits per heavy atom. The van der Waals surface area contributed by atoms with Crippen molar-refractivity contribution in [1.29, 1.82) is 0 Å². The van der Waals surface area contributed by atoms with Crippen LogP contribution in [0.1, 0.15) is 29.9 Å². The first-order valence-electron chi connectivity index (χ1n) is 7.69. The molecule has 1 fully saturated rings. The van der Waals surface area contributed by atoms with Gasteiger partial charge in [-0.15, -0.1) is 0 Å². The molecular formula is C18H20N2O2S. The molecule has 5 heteroatoms. The Bertz CT molecular complexity index is 707. The second-order valence-electron chi connectivity index (χ2n) is 5.80. The van der Waals surface area contributed by atoms with E-state index in [1.54, 1.807) is 30.5 Å². The van der Waals surface area contributed by atoms with Crippen LogP contribution in [0.15, 0.2) is 53.4 Å². The summed E-state index contributed by atoms with van der Waals surface area (Å²) in [5, 5.41) is 5.61. The van der Waals surface area contributed by atoms with Crippen molar-refractivity contribution in [1.82, 2.24) is 5.32 Å². The van der Waals surface area contributed by atoms with Crippen LogP contribution in [0.3, 0.4) is 0 Å². The molecule has 0 radical (unpaired) electrons. The largest absolute Gasteiger partial charge is 0.334 e. The Morgan fingerprint density at radius 2 is 1.74 bits per heavy atom. The lowest BCUT2D eigenvalue weighted by Crippen LogP contribution is -2.28. The Hall–Kier alpha value is -2.14. The van der Waals surface area contributed by atoms with Gasteiger partial charge in [0.2, 0.25) is 0 Å². The smallest absolute Gasteiger partial charge is 0.319 e. The van der Waals surface area contributed by atoms with Gasteiger partial charge in [0.15, 0.2) is 0 Å². The number of benzene rings is 2. The normalized spacial score (nSPS) is 15.0. The molecule has 0 saturated heterocycles. The van der Waals surface area contributed by atoms with Crippen molar-refractivity contribution in [3.8, 4) is 0 Å². The fourth-order valence-electron chi connectivity index (χ4n) is 2.41. The Labute approximate surface area is 138 Å². The van der Waals surface area contributed by atoms with Crippen LogP contribution in [0.2, 0.25) is 0 Å². The molecule has 1 aliphatic carbocycles. The van der Waals surface area contributed by atoms with E-state index in [9.17, 15) is 9.00 Å². The van der Waals surface area contributed by atoms with Crippen molar-refractivity contribution >= 4 is 22.5 Å². The third-order valence-electron chi connectivity index (χ3n) is 3.93. The second-order valence-corrected chi connectivity index (χ2v) is 7.18. The third kappa shape index (κ3) is 4.42. The molecule has 1 saturated carbocycles. The molecule has 0 spiro atoms. The molecule has 2 aromatic rings. The number of anilines is 1. The average Bonchev–Trinajstić information content (AvgIpc) is 3.39. The maximum atomic E-state index is 11.9. The Balaban J connectivity index is 1.49. The second kappa shape index (κ2) is 6.96. The van der Waals surface area contributed by atoms with E-state index in [4.69, 9.17) is 0 Å². The van der Waals surface area contributed by atoms with Crippen molar-refractivity contribution < 1.29 is 9.00 Å². The summed E-state index contributed by atoms with van der Waals surface area (Å²) in [7, 11) is -1.01. The summed E-state index contributed by atoms with van der Waals surface area (Å²) in [6, 6.07) is 15.2. The van der Waals surface area contributed by atoms with E-state index in [2.05, 4.69) is 34.9 Å². The molecule has 0 aliphatic heterocycles. The van der Waals surface area contributed by atoms with Gasteiger partial charge in [0.1, 0.15) is 0 Å². The molecule has 1 atom stereocenters. The zero-order valence-electron chi connectivity index (χ0n) is 13.0.